The molecule has 1 aliphatic rings. The Morgan fingerprint density at radius 3 is 2.47 bits per heavy atom. The minimum absolute atomic E-state index is 0.0238. The maximum atomic E-state index is 13.0. The van der Waals surface area contributed by atoms with Crippen LogP contribution in [0.25, 0.3) is 22.8 Å². The van der Waals surface area contributed by atoms with Gasteiger partial charge in [-0.15, -0.1) is 13.2 Å². The first-order valence-electron chi connectivity index (χ1n) is 10.9. The Labute approximate surface area is 195 Å². The third-order valence-electron chi connectivity index (χ3n) is 5.50. The van der Waals surface area contributed by atoms with Gasteiger partial charge in [0, 0.05) is 50.4 Å². The van der Waals surface area contributed by atoms with Crippen molar-refractivity contribution in [3.8, 4) is 28.5 Å². The fourth-order valence-corrected chi connectivity index (χ4v) is 3.69. The van der Waals surface area contributed by atoms with Gasteiger partial charge in [-0.2, -0.15) is 0 Å². The van der Waals surface area contributed by atoms with E-state index in [1.165, 1.54) is 18.2 Å². The number of carbonyl (C=O) groups excluding carboxylic acids is 1. The molecule has 2 heterocycles. The molecule has 10 heteroatoms. The van der Waals surface area contributed by atoms with Crippen molar-refractivity contribution >= 4 is 5.91 Å². The molecule has 180 valence electrons. The minimum Gasteiger partial charge on any atom is -0.435 e. The molecule has 0 spiro atoms. The molecule has 1 amide bonds. The van der Waals surface area contributed by atoms with E-state index in [4.69, 9.17) is 4.42 Å². The summed E-state index contributed by atoms with van der Waals surface area (Å²) in [5.74, 6) is -0.543. The van der Waals surface area contributed by atoms with Crippen LogP contribution in [0.5, 0.6) is 5.75 Å². The van der Waals surface area contributed by atoms with Crippen LogP contribution in [0.1, 0.15) is 10.5 Å². The number of nitrogens with zero attached hydrogens (tertiary/aromatic N) is 3. The summed E-state index contributed by atoms with van der Waals surface area (Å²) in [6.07, 6.45) is -4.82. The van der Waals surface area contributed by atoms with E-state index >= 15 is 0 Å². The third-order valence-corrected chi connectivity index (χ3v) is 5.50. The smallest absolute Gasteiger partial charge is 0.435 e. The molecular weight excluding hydrogens is 449 g/mol. The van der Waals surface area contributed by atoms with Crippen molar-refractivity contribution in [1.82, 2.24) is 20.1 Å². The normalized spacial score (nSPS) is 15.3. The number of halogens is 3. The first-order valence-corrected chi connectivity index (χ1v) is 10.9. The van der Waals surface area contributed by atoms with Crippen LogP contribution in [0.2, 0.25) is 0 Å². The Morgan fingerprint density at radius 2 is 1.76 bits per heavy atom. The van der Waals surface area contributed by atoms with Gasteiger partial charge >= 0.3 is 6.36 Å². The zero-order valence-corrected chi connectivity index (χ0v) is 18.6. The second kappa shape index (κ2) is 10.3. The maximum Gasteiger partial charge on any atom is 0.573 e. The Kier molecular flexibility index (Phi) is 7.18. The number of piperazine rings is 1. The SMILES string of the molecule is CN1CCN(CCNC(=O)c2nc(-c3cccc(OC(F)(F)F)c3)oc2-c2ccccc2)CC1. The van der Waals surface area contributed by atoms with Gasteiger partial charge in [0.15, 0.2) is 11.5 Å². The Bertz CT molecular complexity index is 1110. The molecule has 0 unspecified atom stereocenters. The molecule has 1 fully saturated rings. The first kappa shape index (κ1) is 23.8. The van der Waals surface area contributed by atoms with Gasteiger partial charge in [-0.3, -0.25) is 9.69 Å². The van der Waals surface area contributed by atoms with E-state index in [-0.39, 0.29) is 22.9 Å². The molecular formula is C24H25F3N4O3. The van der Waals surface area contributed by atoms with Crippen molar-refractivity contribution in [2.75, 3.05) is 46.3 Å². The standard InChI is InChI=1S/C24H25F3N4O3/c1-30-12-14-31(15-13-30)11-10-28-22(32)20-21(17-6-3-2-4-7-17)33-23(29-20)18-8-5-9-19(16-18)34-24(25,26)27/h2-9,16H,10-15H2,1H3,(H,28,32). The molecule has 4 rings (SSSR count). The summed E-state index contributed by atoms with van der Waals surface area (Å²) in [6.45, 7) is 4.99. The summed E-state index contributed by atoms with van der Waals surface area (Å²) in [5, 5.41) is 2.88. The van der Waals surface area contributed by atoms with Gasteiger partial charge in [-0.25, -0.2) is 4.98 Å². The van der Waals surface area contributed by atoms with E-state index < -0.39 is 18.0 Å². The predicted molar refractivity (Wildman–Crippen MR) is 120 cm³/mol. The molecule has 0 aliphatic carbocycles. The molecule has 0 saturated carbocycles. The molecule has 1 aliphatic heterocycles. The minimum atomic E-state index is -4.82. The van der Waals surface area contributed by atoms with E-state index in [0.717, 1.165) is 26.2 Å². The maximum absolute atomic E-state index is 13.0. The van der Waals surface area contributed by atoms with Crippen LogP contribution in [0.15, 0.2) is 59.0 Å². The summed E-state index contributed by atoms with van der Waals surface area (Å²) >= 11 is 0. The van der Waals surface area contributed by atoms with E-state index in [9.17, 15) is 18.0 Å². The molecule has 2 aromatic carbocycles. The highest BCUT2D eigenvalue weighted by molar-refractivity contribution is 5.98. The molecule has 0 radical (unpaired) electrons. The third kappa shape index (κ3) is 6.15. The van der Waals surface area contributed by atoms with Gasteiger partial charge in [-0.05, 0) is 25.2 Å². The van der Waals surface area contributed by atoms with Crippen LogP contribution >= 0.6 is 0 Å². The monoisotopic (exact) mass is 474 g/mol. The fraction of sp³-hybridized carbons (Fsp3) is 0.333. The Morgan fingerprint density at radius 1 is 1.06 bits per heavy atom. The van der Waals surface area contributed by atoms with Crippen molar-refractivity contribution in [2.45, 2.75) is 6.36 Å². The lowest BCUT2D eigenvalue weighted by atomic mass is 10.1. The fourth-order valence-electron chi connectivity index (χ4n) is 3.69. The second-order valence-electron chi connectivity index (χ2n) is 8.04. The summed E-state index contributed by atoms with van der Waals surface area (Å²) in [5.41, 5.74) is 0.963. The first-order chi connectivity index (χ1) is 16.3. The topological polar surface area (TPSA) is 70.8 Å². The van der Waals surface area contributed by atoms with Gasteiger partial charge in [0.1, 0.15) is 5.75 Å². The number of benzene rings is 2. The molecule has 3 aromatic rings. The second-order valence-corrected chi connectivity index (χ2v) is 8.04. The Hall–Kier alpha value is -3.37. The number of amides is 1. The van der Waals surface area contributed by atoms with Crippen LogP contribution in [-0.2, 0) is 0 Å². The van der Waals surface area contributed by atoms with Crippen LogP contribution in [-0.4, -0.2) is 73.4 Å². The van der Waals surface area contributed by atoms with Crippen molar-refractivity contribution in [2.24, 2.45) is 0 Å². The number of hydrogen-bond acceptors (Lipinski definition) is 6. The van der Waals surface area contributed by atoms with Gasteiger partial charge < -0.3 is 19.4 Å². The number of rotatable bonds is 7. The zero-order valence-electron chi connectivity index (χ0n) is 18.6. The van der Waals surface area contributed by atoms with Crippen LogP contribution < -0.4 is 10.1 Å². The highest BCUT2D eigenvalue weighted by atomic mass is 19.4. The summed E-state index contributed by atoms with van der Waals surface area (Å²) < 4.78 is 47.7. The van der Waals surface area contributed by atoms with E-state index in [1.54, 1.807) is 30.3 Å². The summed E-state index contributed by atoms with van der Waals surface area (Å²) in [4.78, 5) is 21.9. The van der Waals surface area contributed by atoms with Gasteiger partial charge in [0.05, 0.1) is 0 Å². The molecule has 34 heavy (non-hydrogen) atoms. The van der Waals surface area contributed by atoms with Gasteiger partial charge in [0.2, 0.25) is 5.89 Å². The highest BCUT2D eigenvalue weighted by Gasteiger charge is 2.31. The average molecular weight is 474 g/mol. The van der Waals surface area contributed by atoms with Crippen LogP contribution in [0.3, 0.4) is 0 Å². The van der Waals surface area contributed by atoms with Crippen molar-refractivity contribution in [1.29, 1.82) is 0 Å². The van der Waals surface area contributed by atoms with Gasteiger partial charge in [0.25, 0.3) is 5.91 Å². The van der Waals surface area contributed by atoms with Crippen LogP contribution in [0, 0.1) is 0 Å². The molecule has 1 aromatic heterocycles. The summed E-state index contributed by atoms with van der Waals surface area (Å²) in [6, 6.07) is 14.3. The lowest BCUT2D eigenvalue weighted by Crippen LogP contribution is -2.46. The van der Waals surface area contributed by atoms with Crippen molar-refractivity contribution in [3.05, 3.63) is 60.3 Å². The average Bonchev–Trinajstić information content (AvgIpc) is 3.26. The predicted octanol–water partition coefficient (Wildman–Crippen LogP) is 3.88. The number of oxazole rings is 1. The molecule has 0 bridgehead atoms. The van der Waals surface area contributed by atoms with Crippen molar-refractivity contribution in [3.63, 3.8) is 0 Å². The number of alkyl halides is 3. The van der Waals surface area contributed by atoms with E-state index in [1.807, 2.05) is 6.07 Å². The van der Waals surface area contributed by atoms with Crippen molar-refractivity contribution < 1.29 is 27.1 Å². The largest absolute Gasteiger partial charge is 0.573 e. The number of likely N-dealkylation sites (N-methyl/N-ethyl adjacent to an activating group) is 1. The molecule has 1 saturated heterocycles. The van der Waals surface area contributed by atoms with Crippen LogP contribution in [0.4, 0.5) is 13.2 Å². The number of nitrogens with one attached hydrogen (secondary N) is 1. The van der Waals surface area contributed by atoms with Gasteiger partial charge in [-0.1, -0.05) is 36.4 Å². The number of hydrogen-bond donors (Lipinski definition) is 1. The quantitative estimate of drug-likeness (QED) is 0.561. The number of ether oxygens (including phenoxy) is 1. The zero-order chi connectivity index (χ0) is 24.1. The lowest BCUT2D eigenvalue weighted by molar-refractivity contribution is -0.274. The van der Waals surface area contributed by atoms with E-state index in [2.05, 4.69) is 31.9 Å². The lowest BCUT2D eigenvalue weighted by Gasteiger charge is -2.32. The van der Waals surface area contributed by atoms with E-state index in [0.29, 0.717) is 18.7 Å². The summed E-state index contributed by atoms with van der Waals surface area (Å²) in [7, 11) is 2.08. The molecule has 0 atom stereocenters. The number of aromatic nitrogens is 1. The highest BCUT2D eigenvalue weighted by Crippen LogP contribution is 2.32. The molecule has 1 N–H and O–H groups in total. The number of carbonyl (C=O) groups is 1. The Balaban J connectivity index is 1.54. The molecule has 7 nitrogen and oxygen atoms in total.